The molecule has 1 saturated heterocycles. The summed E-state index contributed by atoms with van der Waals surface area (Å²) in [5, 5.41) is 10.0. The average Bonchev–Trinajstić information content (AvgIpc) is 2.96. The standard InChI is InChI=1S/C11H14N2O4/c1-5-4-13(10(15)12-9(5)14)6-3-11(2,16)8-7(6)17-8/h4,6-8,16H,3H2,1-2H3,(H,12,14,15)/t6-,7+,8+,11-/m0/s1. The van der Waals surface area contributed by atoms with Crippen molar-refractivity contribution in [1.29, 1.82) is 0 Å². The molecule has 2 fully saturated rings. The number of rotatable bonds is 1. The van der Waals surface area contributed by atoms with E-state index in [1.165, 1.54) is 10.8 Å². The maximum absolute atomic E-state index is 11.7. The summed E-state index contributed by atoms with van der Waals surface area (Å²) >= 11 is 0. The summed E-state index contributed by atoms with van der Waals surface area (Å²) in [6, 6.07) is -0.196. The molecule has 6 nitrogen and oxygen atoms in total. The molecule has 2 N–H and O–H groups in total. The van der Waals surface area contributed by atoms with E-state index in [1.807, 2.05) is 0 Å². The maximum Gasteiger partial charge on any atom is 0.328 e. The zero-order valence-corrected chi connectivity index (χ0v) is 9.64. The van der Waals surface area contributed by atoms with E-state index in [-0.39, 0.29) is 23.8 Å². The van der Waals surface area contributed by atoms with Crippen LogP contribution in [0.3, 0.4) is 0 Å². The van der Waals surface area contributed by atoms with Gasteiger partial charge in [-0.25, -0.2) is 4.79 Å². The first-order chi connectivity index (χ1) is 7.90. The Morgan fingerprint density at radius 2 is 2.29 bits per heavy atom. The Morgan fingerprint density at radius 3 is 2.82 bits per heavy atom. The predicted octanol–water partition coefficient (Wildman–Crippen LogP) is -0.692. The highest BCUT2D eigenvalue weighted by atomic mass is 16.6. The first-order valence-electron chi connectivity index (χ1n) is 5.60. The van der Waals surface area contributed by atoms with Gasteiger partial charge in [0, 0.05) is 18.2 Å². The normalized spacial score (nSPS) is 39.1. The fourth-order valence-corrected chi connectivity index (χ4v) is 2.66. The molecule has 1 aromatic rings. The summed E-state index contributed by atoms with van der Waals surface area (Å²) in [6.45, 7) is 3.36. The quantitative estimate of drug-likeness (QED) is 0.634. The van der Waals surface area contributed by atoms with Gasteiger partial charge in [0.05, 0.1) is 11.6 Å². The molecule has 1 saturated carbocycles. The number of ether oxygens (including phenoxy) is 1. The van der Waals surface area contributed by atoms with E-state index in [0.29, 0.717) is 12.0 Å². The smallest absolute Gasteiger partial charge is 0.328 e. The summed E-state index contributed by atoms with van der Waals surface area (Å²) < 4.78 is 6.82. The largest absolute Gasteiger partial charge is 0.387 e. The van der Waals surface area contributed by atoms with Gasteiger partial charge in [-0.15, -0.1) is 0 Å². The molecule has 0 unspecified atom stereocenters. The van der Waals surface area contributed by atoms with Crippen LogP contribution < -0.4 is 11.2 Å². The number of epoxide rings is 1. The topological polar surface area (TPSA) is 87.6 Å². The third-order valence-electron chi connectivity index (χ3n) is 3.64. The summed E-state index contributed by atoms with van der Waals surface area (Å²) in [5.74, 6) is 0. The van der Waals surface area contributed by atoms with Gasteiger partial charge in [0.25, 0.3) is 5.56 Å². The summed E-state index contributed by atoms with van der Waals surface area (Å²) in [5.41, 5.74) is -1.23. The second-order valence-corrected chi connectivity index (χ2v) is 5.13. The molecule has 92 valence electrons. The average molecular weight is 238 g/mol. The highest BCUT2D eigenvalue weighted by molar-refractivity contribution is 5.14. The molecule has 2 aliphatic rings. The molecule has 1 aromatic heterocycles. The molecule has 0 spiro atoms. The molecule has 2 heterocycles. The van der Waals surface area contributed by atoms with Crippen molar-refractivity contribution < 1.29 is 9.84 Å². The predicted molar refractivity (Wildman–Crippen MR) is 59.0 cm³/mol. The molecule has 0 aromatic carbocycles. The number of aryl methyl sites for hydroxylation is 1. The molecule has 6 heteroatoms. The van der Waals surface area contributed by atoms with Crippen LogP contribution >= 0.6 is 0 Å². The van der Waals surface area contributed by atoms with Crippen molar-refractivity contribution >= 4 is 0 Å². The number of aliphatic hydroxyl groups is 1. The Bertz CT molecular complexity index is 586. The molecule has 0 bridgehead atoms. The van der Waals surface area contributed by atoms with Crippen LogP contribution in [0, 0.1) is 6.92 Å². The number of aromatic amines is 1. The minimum Gasteiger partial charge on any atom is -0.387 e. The number of nitrogens with one attached hydrogen (secondary N) is 1. The van der Waals surface area contributed by atoms with Gasteiger partial charge in [0.1, 0.15) is 12.2 Å². The van der Waals surface area contributed by atoms with E-state index in [4.69, 9.17) is 4.74 Å². The van der Waals surface area contributed by atoms with Gasteiger partial charge in [-0.05, 0) is 13.8 Å². The Labute approximate surface area is 96.9 Å². The van der Waals surface area contributed by atoms with E-state index in [9.17, 15) is 14.7 Å². The molecule has 1 aliphatic heterocycles. The first-order valence-corrected chi connectivity index (χ1v) is 5.60. The monoisotopic (exact) mass is 238 g/mol. The molecular weight excluding hydrogens is 224 g/mol. The van der Waals surface area contributed by atoms with Crippen LogP contribution in [-0.2, 0) is 4.74 Å². The van der Waals surface area contributed by atoms with Crippen LogP contribution in [0.15, 0.2) is 15.8 Å². The molecule has 0 amide bonds. The van der Waals surface area contributed by atoms with Crippen molar-refractivity contribution in [3.8, 4) is 0 Å². The van der Waals surface area contributed by atoms with Crippen molar-refractivity contribution in [3.05, 3.63) is 32.6 Å². The van der Waals surface area contributed by atoms with Gasteiger partial charge in [-0.1, -0.05) is 0 Å². The van der Waals surface area contributed by atoms with Gasteiger partial charge in [-0.3, -0.25) is 14.3 Å². The van der Waals surface area contributed by atoms with Gasteiger partial charge in [0.15, 0.2) is 0 Å². The number of aromatic nitrogens is 2. The van der Waals surface area contributed by atoms with Gasteiger partial charge in [0.2, 0.25) is 0 Å². The van der Waals surface area contributed by atoms with E-state index in [2.05, 4.69) is 4.98 Å². The van der Waals surface area contributed by atoms with Crippen LogP contribution in [0.5, 0.6) is 0 Å². The second-order valence-electron chi connectivity index (χ2n) is 5.13. The molecule has 4 atom stereocenters. The highest BCUT2D eigenvalue weighted by Gasteiger charge is 2.63. The Morgan fingerprint density at radius 1 is 1.59 bits per heavy atom. The third kappa shape index (κ3) is 1.48. The van der Waals surface area contributed by atoms with E-state index in [1.54, 1.807) is 13.8 Å². The minimum absolute atomic E-state index is 0.118. The summed E-state index contributed by atoms with van der Waals surface area (Å²) in [6.07, 6.45) is 1.69. The van der Waals surface area contributed by atoms with Crippen LogP contribution in [0.4, 0.5) is 0 Å². The Kier molecular flexibility index (Phi) is 1.95. The lowest BCUT2D eigenvalue weighted by Crippen LogP contribution is -2.35. The number of hydrogen-bond donors (Lipinski definition) is 2. The SMILES string of the molecule is Cc1cn([C@H]2C[C@](C)(O)[C@@H]3O[C@@H]32)c(=O)[nH]c1=O. The highest BCUT2D eigenvalue weighted by Crippen LogP contribution is 2.51. The number of hydrogen-bond acceptors (Lipinski definition) is 4. The van der Waals surface area contributed by atoms with E-state index < -0.39 is 11.3 Å². The number of H-pyrrole nitrogens is 1. The molecule has 0 radical (unpaired) electrons. The molecule has 3 rings (SSSR count). The fraction of sp³-hybridized carbons (Fsp3) is 0.636. The summed E-state index contributed by atoms with van der Waals surface area (Å²) in [4.78, 5) is 25.3. The van der Waals surface area contributed by atoms with Crippen LogP contribution in [0.2, 0.25) is 0 Å². The van der Waals surface area contributed by atoms with Crippen molar-refractivity contribution in [1.82, 2.24) is 9.55 Å². The second kappa shape index (κ2) is 3.08. The van der Waals surface area contributed by atoms with Crippen molar-refractivity contribution in [3.63, 3.8) is 0 Å². The molecular formula is C11H14N2O4. The lowest BCUT2D eigenvalue weighted by atomic mass is 10.0. The van der Waals surface area contributed by atoms with E-state index >= 15 is 0 Å². The first kappa shape index (κ1) is 10.7. The van der Waals surface area contributed by atoms with Gasteiger partial charge in [-0.2, -0.15) is 0 Å². The number of fused-ring (bicyclic) bond motifs is 1. The van der Waals surface area contributed by atoms with Crippen molar-refractivity contribution in [2.24, 2.45) is 0 Å². The van der Waals surface area contributed by atoms with Gasteiger partial charge >= 0.3 is 5.69 Å². The maximum atomic E-state index is 11.7. The van der Waals surface area contributed by atoms with Crippen molar-refractivity contribution in [2.45, 2.75) is 44.1 Å². The fourth-order valence-electron chi connectivity index (χ4n) is 2.66. The third-order valence-corrected chi connectivity index (χ3v) is 3.64. The van der Waals surface area contributed by atoms with Gasteiger partial charge < -0.3 is 9.84 Å². The van der Waals surface area contributed by atoms with Crippen LogP contribution in [-0.4, -0.2) is 32.5 Å². The zero-order chi connectivity index (χ0) is 12.4. The lowest BCUT2D eigenvalue weighted by molar-refractivity contribution is 0.00873. The Balaban J connectivity index is 2.05. The molecule has 17 heavy (non-hydrogen) atoms. The molecule has 1 aliphatic carbocycles. The Hall–Kier alpha value is -1.40. The van der Waals surface area contributed by atoms with Crippen LogP contribution in [0.25, 0.3) is 0 Å². The summed E-state index contributed by atoms with van der Waals surface area (Å²) in [7, 11) is 0. The number of nitrogens with zero attached hydrogens (tertiary/aromatic N) is 1. The lowest BCUT2D eigenvalue weighted by Gasteiger charge is -2.21. The van der Waals surface area contributed by atoms with Crippen molar-refractivity contribution in [2.75, 3.05) is 0 Å². The zero-order valence-electron chi connectivity index (χ0n) is 9.64. The minimum atomic E-state index is -0.890. The van der Waals surface area contributed by atoms with E-state index in [0.717, 1.165) is 0 Å². The van der Waals surface area contributed by atoms with Crippen LogP contribution in [0.1, 0.15) is 24.9 Å².